The van der Waals surface area contributed by atoms with Gasteiger partial charge >= 0.3 is 0 Å². The smallest absolute Gasteiger partial charge is 0.222 e. The van der Waals surface area contributed by atoms with Gasteiger partial charge in [-0.25, -0.2) is 0 Å². The molecule has 1 saturated heterocycles. The second kappa shape index (κ2) is 9.43. The number of nitrogens with zero attached hydrogens (tertiary/aromatic N) is 1. The Morgan fingerprint density at radius 2 is 1.67 bits per heavy atom. The van der Waals surface area contributed by atoms with Gasteiger partial charge in [0.15, 0.2) is 0 Å². The van der Waals surface area contributed by atoms with Gasteiger partial charge in [0.1, 0.15) is 0 Å². The van der Waals surface area contributed by atoms with Gasteiger partial charge in [-0.15, -0.1) is 12.4 Å². The molecule has 134 valence electrons. The summed E-state index contributed by atoms with van der Waals surface area (Å²) in [5.74, 6) is 1.65. The average Bonchev–Trinajstić information content (AvgIpc) is 2.63. The van der Waals surface area contributed by atoms with E-state index >= 15 is 0 Å². The van der Waals surface area contributed by atoms with Crippen molar-refractivity contribution >= 4 is 18.3 Å². The Morgan fingerprint density at radius 1 is 1.04 bits per heavy atom. The third kappa shape index (κ3) is 4.97. The molecule has 1 amide bonds. The molecule has 0 spiro atoms. The minimum absolute atomic E-state index is 0. The number of halogens is 1. The zero-order valence-electron chi connectivity index (χ0n) is 14.7. The van der Waals surface area contributed by atoms with Crippen molar-refractivity contribution < 1.29 is 4.79 Å². The molecule has 3 rings (SSSR count). The van der Waals surface area contributed by atoms with E-state index in [1.54, 1.807) is 0 Å². The molecule has 1 N–H and O–H groups in total. The number of hydrogen-bond acceptors (Lipinski definition) is 2. The Hall–Kier alpha value is -1.06. The van der Waals surface area contributed by atoms with Gasteiger partial charge in [-0.05, 0) is 69.0 Å². The van der Waals surface area contributed by atoms with Crippen molar-refractivity contribution in [3.05, 3.63) is 35.9 Å². The maximum atomic E-state index is 12.6. The van der Waals surface area contributed by atoms with Crippen molar-refractivity contribution in [1.82, 2.24) is 10.2 Å². The summed E-state index contributed by atoms with van der Waals surface area (Å²) in [6.07, 6.45) is 7.82. The topological polar surface area (TPSA) is 32.3 Å². The summed E-state index contributed by atoms with van der Waals surface area (Å²) in [5.41, 5.74) is 1.48. The third-order valence-corrected chi connectivity index (χ3v) is 5.83. The second-order valence-electron chi connectivity index (χ2n) is 7.32. The summed E-state index contributed by atoms with van der Waals surface area (Å²) in [6, 6.07) is 11.3. The SMILES string of the molecule is CN(C(=O)CC1CCC(c2ccccc2)CC1)C1CCNCC1.Cl. The molecule has 1 aromatic carbocycles. The Balaban J connectivity index is 0.00000208. The van der Waals surface area contributed by atoms with Crippen molar-refractivity contribution in [2.45, 2.75) is 56.9 Å². The van der Waals surface area contributed by atoms with Gasteiger partial charge < -0.3 is 10.2 Å². The Kier molecular flexibility index (Phi) is 7.57. The summed E-state index contributed by atoms with van der Waals surface area (Å²) < 4.78 is 0. The molecule has 1 aromatic rings. The summed E-state index contributed by atoms with van der Waals surface area (Å²) in [6.45, 7) is 2.09. The molecular formula is C20H31ClN2O. The molecule has 2 aliphatic rings. The van der Waals surface area contributed by atoms with Crippen LogP contribution in [0.3, 0.4) is 0 Å². The van der Waals surface area contributed by atoms with Gasteiger partial charge in [-0.1, -0.05) is 30.3 Å². The van der Waals surface area contributed by atoms with Gasteiger partial charge in [0.2, 0.25) is 5.91 Å². The number of carbonyl (C=O) groups excluding carboxylic acids is 1. The van der Waals surface area contributed by atoms with Crippen molar-refractivity contribution in [2.24, 2.45) is 5.92 Å². The summed E-state index contributed by atoms with van der Waals surface area (Å²) in [5, 5.41) is 3.37. The highest BCUT2D eigenvalue weighted by Gasteiger charge is 2.27. The van der Waals surface area contributed by atoms with Crippen LogP contribution in [0.5, 0.6) is 0 Å². The van der Waals surface area contributed by atoms with E-state index in [2.05, 4.69) is 35.6 Å². The highest BCUT2D eigenvalue weighted by molar-refractivity contribution is 5.85. The molecule has 0 unspecified atom stereocenters. The lowest BCUT2D eigenvalue weighted by Crippen LogP contribution is -2.44. The first-order chi connectivity index (χ1) is 11.2. The minimum Gasteiger partial charge on any atom is -0.343 e. The maximum Gasteiger partial charge on any atom is 0.222 e. The second-order valence-corrected chi connectivity index (χ2v) is 7.32. The number of rotatable bonds is 4. The summed E-state index contributed by atoms with van der Waals surface area (Å²) in [4.78, 5) is 14.6. The number of benzene rings is 1. The lowest BCUT2D eigenvalue weighted by Gasteiger charge is -2.34. The molecule has 1 aliphatic heterocycles. The van der Waals surface area contributed by atoms with Crippen LogP contribution in [0.15, 0.2) is 30.3 Å². The number of nitrogens with one attached hydrogen (secondary N) is 1. The first kappa shape index (κ1) is 19.3. The Morgan fingerprint density at radius 3 is 2.29 bits per heavy atom. The van der Waals surface area contributed by atoms with Crippen LogP contribution < -0.4 is 5.32 Å². The monoisotopic (exact) mass is 350 g/mol. The molecule has 4 heteroatoms. The van der Waals surface area contributed by atoms with Gasteiger partial charge in [0.25, 0.3) is 0 Å². The molecule has 1 saturated carbocycles. The van der Waals surface area contributed by atoms with E-state index in [4.69, 9.17) is 0 Å². The van der Waals surface area contributed by atoms with Crippen molar-refractivity contribution in [3.8, 4) is 0 Å². The molecule has 0 bridgehead atoms. The lowest BCUT2D eigenvalue weighted by atomic mass is 9.77. The predicted molar refractivity (Wildman–Crippen MR) is 102 cm³/mol. The minimum atomic E-state index is 0. The molecular weight excluding hydrogens is 320 g/mol. The first-order valence-corrected chi connectivity index (χ1v) is 9.25. The average molecular weight is 351 g/mol. The van der Waals surface area contributed by atoms with E-state index in [0.29, 0.717) is 23.8 Å². The van der Waals surface area contributed by atoms with Crippen molar-refractivity contribution in [1.29, 1.82) is 0 Å². The fourth-order valence-corrected chi connectivity index (χ4v) is 4.21. The van der Waals surface area contributed by atoms with Crippen LogP contribution in [0.4, 0.5) is 0 Å². The number of amides is 1. The maximum absolute atomic E-state index is 12.6. The fourth-order valence-electron chi connectivity index (χ4n) is 4.21. The van der Waals surface area contributed by atoms with E-state index in [-0.39, 0.29) is 12.4 Å². The molecule has 1 heterocycles. The molecule has 2 fully saturated rings. The first-order valence-electron chi connectivity index (χ1n) is 9.25. The molecule has 0 radical (unpaired) electrons. The lowest BCUT2D eigenvalue weighted by molar-refractivity contribution is -0.133. The van der Waals surface area contributed by atoms with Gasteiger partial charge in [-0.2, -0.15) is 0 Å². The van der Waals surface area contributed by atoms with Crippen molar-refractivity contribution in [2.75, 3.05) is 20.1 Å². The number of piperidine rings is 1. The highest BCUT2D eigenvalue weighted by atomic mass is 35.5. The summed E-state index contributed by atoms with van der Waals surface area (Å²) >= 11 is 0. The Labute approximate surface area is 152 Å². The van der Waals surface area contributed by atoms with Gasteiger partial charge in [0.05, 0.1) is 0 Å². The van der Waals surface area contributed by atoms with Crippen LogP contribution in [0.25, 0.3) is 0 Å². The third-order valence-electron chi connectivity index (χ3n) is 5.83. The molecule has 24 heavy (non-hydrogen) atoms. The van der Waals surface area contributed by atoms with E-state index in [1.807, 2.05) is 11.9 Å². The van der Waals surface area contributed by atoms with Crippen LogP contribution in [0.1, 0.15) is 56.4 Å². The predicted octanol–water partition coefficient (Wildman–Crippen LogP) is 3.98. The van der Waals surface area contributed by atoms with Crippen LogP contribution in [0, 0.1) is 5.92 Å². The molecule has 1 aliphatic carbocycles. The fraction of sp³-hybridized carbons (Fsp3) is 0.650. The largest absolute Gasteiger partial charge is 0.343 e. The number of hydrogen-bond donors (Lipinski definition) is 1. The van der Waals surface area contributed by atoms with Crippen LogP contribution in [-0.4, -0.2) is 37.0 Å². The zero-order valence-corrected chi connectivity index (χ0v) is 15.6. The quantitative estimate of drug-likeness (QED) is 0.890. The van der Waals surface area contributed by atoms with E-state index in [1.165, 1.54) is 31.2 Å². The van der Waals surface area contributed by atoms with Crippen LogP contribution in [0.2, 0.25) is 0 Å². The normalized spacial score (nSPS) is 24.9. The van der Waals surface area contributed by atoms with Crippen molar-refractivity contribution in [3.63, 3.8) is 0 Å². The molecule has 3 nitrogen and oxygen atoms in total. The van der Waals surface area contributed by atoms with E-state index < -0.39 is 0 Å². The van der Waals surface area contributed by atoms with Gasteiger partial charge in [-0.3, -0.25) is 4.79 Å². The standard InChI is InChI=1S/C20H30N2O.ClH/c1-22(19-11-13-21-14-12-19)20(23)15-16-7-9-18(10-8-16)17-5-3-2-4-6-17;/h2-6,16,18-19,21H,7-15H2,1H3;1H. The summed E-state index contributed by atoms with van der Waals surface area (Å²) in [7, 11) is 2.01. The molecule has 0 atom stereocenters. The Bertz CT molecular complexity index is 494. The number of carbonyl (C=O) groups is 1. The molecule has 0 aromatic heterocycles. The zero-order chi connectivity index (χ0) is 16.1. The van der Waals surface area contributed by atoms with E-state index in [0.717, 1.165) is 32.4 Å². The highest BCUT2D eigenvalue weighted by Crippen LogP contribution is 2.37. The van der Waals surface area contributed by atoms with Gasteiger partial charge in [0, 0.05) is 19.5 Å². The van der Waals surface area contributed by atoms with E-state index in [9.17, 15) is 4.79 Å². The van der Waals surface area contributed by atoms with Crippen LogP contribution in [-0.2, 0) is 4.79 Å². The van der Waals surface area contributed by atoms with Crippen LogP contribution >= 0.6 is 12.4 Å².